The van der Waals surface area contributed by atoms with E-state index in [1.54, 1.807) is 23.4 Å². The van der Waals surface area contributed by atoms with Gasteiger partial charge in [0.2, 0.25) is 11.8 Å². The first-order chi connectivity index (χ1) is 22.0. The highest BCUT2D eigenvalue weighted by molar-refractivity contribution is 5.95. The fraction of sp³-hybridized carbons (Fsp3) is 0.184. The maximum Gasteiger partial charge on any atom is 0.247 e. The van der Waals surface area contributed by atoms with Gasteiger partial charge in [0, 0.05) is 50.1 Å². The molecular weight excluding hydrogens is 558 g/mol. The van der Waals surface area contributed by atoms with Crippen molar-refractivity contribution in [1.82, 2.24) is 25.0 Å². The molecule has 0 aliphatic carbocycles. The largest absolute Gasteiger partial charge is 0.336 e. The van der Waals surface area contributed by atoms with Crippen LogP contribution in [0.5, 0.6) is 0 Å². The van der Waals surface area contributed by atoms with Gasteiger partial charge in [-0.15, -0.1) is 0 Å². The van der Waals surface area contributed by atoms with Crippen molar-refractivity contribution in [3.05, 3.63) is 155 Å². The lowest BCUT2D eigenvalue weighted by Gasteiger charge is -2.37. The van der Waals surface area contributed by atoms with Crippen LogP contribution in [0.4, 0.5) is 0 Å². The molecule has 6 rings (SSSR count). The lowest BCUT2D eigenvalue weighted by Crippen LogP contribution is -2.52. The van der Waals surface area contributed by atoms with E-state index < -0.39 is 6.04 Å². The van der Waals surface area contributed by atoms with E-state index in [0.717, 1.165) is 39.9 Å². The van der Waals surface area contributed by atoms with Crippen LogP contribution in [0.1, 0.15) is 33.5 Å². The molecule has 0 saturated heterocycles. The number of benzene rings is 3. The van der Waals surface area contributed by atoms with Gasteiger partial charge in [0.15, 0.2) is 0 Å². The summed E-state index contributed by atoms with van der Waals surface area (Å²) in [5.74, 6) is -0.304. The van der Waals surface area contributed by atoms with E-state index in [0.29, 0.717) is 25.2 Å². The maximum absolute atomic E-state index is 14.5. The number of hydrogen-bond acceptors (Lipinski definition) is 5. The number of carbonyl (C=O) groups is 2. The molecule has 2 aromatic heterocycles. The molecule has 1 aliphatic heterocycles. The van der Waals surface area contributed by atoms with Gasteiger partial charge < -0.3 is 9.80 Å². The summed E-state index contributed by atoms with van der Waals surface area (Å²) in [4.78, 5) is 36.6. The second-order valence-corrected chi connectivity index (χ2v) is 11.3. The van der Waals surface area contributed by atoms with Crippen molar-refractivity contribution in [1.29, 1.82) is 0 Å². The van der Waals surface area contributed by atoms with Crippen LogP contribution in [0.15, 0.2) is 122 Å². The second-order valence-electron chi connectivity index (χ2n) is 11.3. The van der Waals surface area contributed by atoms with Crippen LogP contribution in [-0.4, -0.2) is 49.4 Å². The Hall–Kier alpha value is -5.43. The van der Waals surface area contributed by atoms with Crippen molar-refractivity contribution in [2.45, 2.75) is 38.9 Å². The summed E-state index contributed by atoms with van der Waals surface area (Å²) in [6, 6.07) is 33.0. The van der Waals surface area contributed by atoms with Crippen LogP contribution in [0.25, 0.3) is 17.3 Å². The Kier molecular flexibility index (Phi) is 9.16. The summed E-state index contributed by atoms with van der Waals surface area (Å²) in [5, 5.41) is 8.20. The third kappa shape index (κ3) is 7.39. The van der Waals surface area contributed by atoms with Gasteiger partial charge in [0.25, 0.3) is 0 Å². The summed E-state index contributed by atoms with van der Waals surface area (Å²) in [7, 11) is 0. The number of aromatic nitrogens is 3. The lowest BCUT2D eigenvalue weighted by atomic mass is 9.97. The molecule has 0 fully saturated rings. The number of carbonyl (C=O) groups excluding carboxylic acids is 2. The smallest absolute Gasteiger partial charge is 0.247 e. The molecule has 0 bridgehead atoms. The highest BCUT2D eigenvalue weighted by Gasteiger charge is 2.34. The van der Waals surface area contributed by atoms with E-state index >= 15 is 0 Å². The van der Waals surface area contributed by atoms with Gasteiger partial charge in [-0.3, -0.25) is 14.6 Å². The lowest BCUT2D eigenvalue weighted by molar-refractivity contribution is -0.144. The first-order valence-corrected chi connectivity index (χ1v) is 15.2. The first kappa shape index (κ1) is 29.6. The molecule has 0 saturated carbocycles. The number of aryl methyl sites for hydroxylation is 1. The molecule has 1 aliphatic rings. The zero-order valence-corrected chi connectivity index (χ0v) is 25.3. The van der Waals surface area contributed by atoms with E-state index in [2.05, 4.69) is 27.3 Å². The summed E-state index contributed by atoms with van der Waals surface area (Å²) in [6.45, 7) is 3.37. The maximum atomic E-state index is 14.5. The highest BCUT2D eigenvalue weighted by Crippen LogP contribution is 2.24. The van der Waals surface area contributed by atoms with Crippen molar-refractivity contribution in [3.63, 3.8) is 0 Å². The van der Waals surface area contributed by atoms with Gasteiger partial charge in [0.05, 0.1) is 11.4 Å². The van der Waals surface area contributed by atoms with Crippen molar-refractivity contribution in [2.75, 3.05) is 6.54 Å². The van der Waals surface area contributed by atoms with E-state index in [1.165, 1.54) is 11.6 Å². The van der Waals surface area contributed by atoms with Crippen LogP contribution in [-0.2, 0) is 35.5 Å². The zero-order valence-electron chi connectivity index (χ0n) is 25.3. The SMILES string of the molecule is Cc1ccc(/C=C/C(=O)N(Cc2ccc(-c3cccnn3)cc2)[C@@H](Cc2ccccc2)C(=O)N2CCc3ccccc3C2)nc1. The van der Waals surface area contributed by atoms with Crippen molar-refractivity contribution in [3.8, 4) is 11.3 Å². The average Bonchev–Trinajstić information content (AvgIpc) is 3.10. The Morgan fingerprint density at radius 2 is 1.64 bits per heavy atom. The fourth-order valence-electron chi connectivity index (χ4n) is 5.67. The number of amides is 2. The van der Waals surface area contributed by atoms with Gasteiger partial charge in [-0.05, 0) is 65.4 Å². The molecule has 0 N–H and O–H groups in total. The minimum atomic E-state index is -0.708. The van der Waals surface area contributed by atoms with Gasteiger partial charge in [-0.2, -0.15) is 10.2 Å². The molecule has 7 heteroatoms. The summed E-state index contributed by atoms with van der Waals surface area (Å²) < 4.78 is 0. The van der Waals surface area contributed by atoms with E-state index in [9.17, 15) is 9.59 Å². The fourth-order valence-corrected chi connectivity index (χ4v) is 5.67. The third-order valence-corrected chi connectivity index (χ3v) is 8.16. The number of fused-ring (bicyclic) bond motifs is 1. The van der Waals surface area contributed by atoms with Gasteiger partial charge in [0.1, 0.15) is 6.04 Å². The Balaban J connectivity index is 1.34. The predicted molar refractivity (Wildman–Crippen MR) is 176 cm³/mol. The van der Waals surface area contributed by atoms with Crippen LogP contribution in [0, 0.1) is 6.92 Å². The number of nitrogens with zero attached hydrogens (tertiary/aromatic N) is 5. The van der Waals surface area contributed by atoms with Crippen molar-refractivity contribution in [2.24, 2.45) is 0 Å². The van der Waals surface area contributed by atoms with Gasteiger partial charge >= 0.3 is 0 Å². The number of pyridine rings is 1. The Morgan fingerprint density at radius 1 is 0.867 bits per heavy atom. The highest BCUT2D eigenvalue weighted by atomic mass is 16.2. The molecule has 3 aromatic carbocycles. The minimum absolute atomic E-state index is 0.0558. The Labute approximate surface area is 263 Å². The van der Waals surface area contributed by atoms with Crippen molar-refractivity contribution < 1.29 is 9.59 Å². The molecule has 7 nitrogen and oxygen atoms in total. The number of rotatable bonds is 9. The molecular formula is C38H35N5O2. The van der Waals surface area contributed by atoms with E-state index in [-0.39, 0.29) is 18.4 Å². The van der Waals surface area contributed by atoms with Gasteiger partial charge in [-0.1, -0.05) is 84.9 Å². The molecule has 3 heterocycles. The molecule has 2 amide bonds. The Bertz CT molecular complexity index is 1770. The zero-order chi connectivity index (χ0) is 31.0. The standard InChI is InChI=1S/C38H35N5O2/c1-28-13-18-34(39-25-28)19-20-37(44)43(26-30-14-16-32(17-15-30)35-12-7-22-40-41-35)36(24-29-8-3-2-4-9-29)38(45)42-23-21-31-10-5-6-11-33(31)27-42/h2-20,22,25,36H,21,23-24,26-27H2,1H3/b20-19+/t36-/m0/s1. The molecule has 1 atom stereocenters. The second kappa shape index (κ2) is 13.9. The third-order valence-electron chi connectivity index (χ3n) is 8.16. The Morgan fingerprint density at radius 3 is 2.38 bits per heavy atom. The molecule has 0 radical (unpaired) electrons. The number of hydrogen-bond donors (Lipinski definition) is 0. The molecule has 224 valence electrons. The van der Waals surface area contributed by atoms with Crippen LogP contribution >= 0.6 is 0 Å². The quantitative estimate of drug-likeness (QED) is 0.194. The molecule has 0 unspecified atom stereocenters. The van der Waals surface area contributed by atoms with E-state index in [1.807, 2.05) is 103 Å². The van der Waals surface area contributed by atoms with Crippen LogP contribution in [0.2, 0.25) is 0 Å². The molecule has 5 aromatic rings. The average molecular weight is 594 g/mol. The van der Waals surface area contributed by atoms with Crippen LogP contribution in [0.3, 0.4) is 0 Å². The van der Waals surface area contributed by atoms with Gasteiger partial charge in [-0.25, -0.2) is 0 Å². The molecule has 45 heavy (non-hydrogen) atoms. The predicted octanol–water partition coefficient (Wildman–Crippen LogP) is 6.09. The van der Waals surface area contributed by atoms with E-state index in [4.69, 9.17) is 0 Å². The first-order valence-electron chi connectivity index (χ1n) is 15.2. The summed E-state index contributed by atoms with van der Waals surface area (Å²) in [5.41, 5.74) is 7.75. The van der Waals surface area contributed by atoms with Crippen molar-refractivity contribution >= 4 is 17.9 Å². The van der Waals surface area contributed by atoms with Crippen LogP contribution < -0.4 is 0 Å². The normalized spacial score (nSPS) is 13.3. The summed E-state index contributed by atoms with van der Waals surface area (Å²) >= 11 is 0. The monoisotopic (exact) mass is 593 g/mol. The summed E-state index contributed by atoms with van der Waals surface area (Å²) in [6.07, 6.45) is 7.85. The minimum Gasteiger partial charge on any atom is -0.336 e. The molecule has 0 spiro atoms. The topological polar surface area (TPSA) is 79.3 Å².